The quantitative estimate of drug-likeness (QED) is 0.221. The van der Waals surface area contributed by atoms with E-state index in [0.29, 0.717) is 40.3 Å². The van der Waals surface area contributed by atoms with Gasteiger partial charge in [-0.2, -0.15) is 0 Å². The van der Waals surface area contributed by atoms with Crippen molar-refractivity contribution in [1.82, 2.24) is 4.98 Å². The van der Waals surface area contributed by atoms with Crippen LogP contribution in [0, 0.1) is 13.8 Å². The fourth-order valence-corrected chi connectivity index (χ4v) is 4.51. The topological polar surface area (TPSA) is 106 Å². The molecule has 1 atom stereocenters. The number of methoxy groups -OCH3 is 1. The number of esters is 1. The van der Waals surface area contributed by atoms with Crippen LogP contribution in [0.5, 0.6) is 5.75 Å². The average Bonchev–Trinajstić information content (AvgIpc) is 3.16. The molecule has 1 amide bonds. The molecule has 0 radical (unpaired) electrons. The minimum Gasteiger partial charge on any atom is -0.507 e. The Labute approximate surface area is 215 Å². The number of aromatic nitrogens is 1. The lowest BCUT2D eigenvalue weighted by Crippen LogP contribution is -2.29. The van der Waals surface area contributed by atoms with Crippen LogP contribution in [0.1, 0.15) is 40.8 Å². The SMILES string of the molecule is CCOC(=O)Cc1ccc(N2C(=O)C(=O)/C(=C(/O)c3cc(C)c(OC)cc3C)C2c2cccnc2)cc1. The molecular formula is C29H28N2O6. The summed E-state index contributed by atoms with van der Waals surface area (Å²) in [7, 11) is 1.56. The van der Waals surface area contributed by atoms with Crippen molar-refractivity contribution in [1.29, 1.82) is 0 Å². The number of rotatable bonds is 7. The number of ketones is 1. The maximum Gasteiger partial charge on any atom is 0.310 e. The van der Waals surface area contributed by atoms with E-state index < -0.39 is 17.7 Å². The fraction of sp³-hybridized carbons (Fsp3) is 0.241. The zero-order chi connectivity index (χ0) is 26.7. The molecule has 3 aromatic rings. The van der Waals surface area contributed by atoms with Crippen LogP contribution in [0.2, 0.25) is 0 Å². The van der Waals surface area contributed by atoms with Crippen LogP contribution in [-0.2, 0) is 25.5 Å². The van der Waals surface area contributed by atoms with Gasteiger partial charge in [0.2, 0.25) is 0 Å². The van der Waals surface area contributed by atoms with Gasteiger partial charge >= 0.3 is 5.97 Å². The lowest BCUT2D eigenvalue weighted by atomic mass is 9.93. The lowest BCUT2D eigenvalue weighted by Gasteiger charge is -2.25. The summed E-state index contributed by atoms with van der Waals surface area (Å²) in [5, 5.41) is 11.4. The Morgan fingerprint density at radius 2 is 1.81 bits per heavy atom. The first-order valence-electron chi connectivity index (χ1n) is 11.9. The molecule has 0 bridgehead atoms. The molecule has 1 aromatic heterocycles. The molecule has 1 unspecified atom stereocenters. The third-order valence-electron chi connectivity index (χ3n) is 6.31. The van der Waals surface area contributed by atoms with Gasteiger partial charge in [0.05, 0.1) is 31.8 Å². The molecule has 8 heteroatoms. The first-order valence-corrected chi connectivity index (χ1v) is 11.9. The highest BCUT2D eigenvalue weighted by Crippen LogP contribution is 2.42. The second kappa shape index (κ2) is 10.7. The van der Waals surface area contributed by atoms with E-state index in [1.807, 2.05) is 6.92 Å². The molecule has 0 aliphatic carbocycles. The molecule has 1 aliphatic rings. The Bertz CT molecular complexity index is 1380. The number of carbonyl (C=O) groups is 3. The highest BCUT2D eigenvalue weighted by molar-refractivity contribution is 6.51. The number of benzene rings is 2. The molecule has 37 heavy (non-hydrogen) atoms. The van der Waals surface area contributed by atoms with Gasteiger partial charge in [-0.15, -0.1) is 0 Å². The second-order valence-electron chi connectivity index (χ2n) is 8.74. The summed E-state index contributed by atoms with van der Waals surface area (Å²) in [5.74, 6) is -1.53. The number of Topliss-reactive ketones (excluding diaryl/α,β-unsaturated/α-hetero) is 1. The Kier molecular flexibility index (Phi) is 7.38. The van der Waals surface area contributed by atoms with Gasteiger partial charge in [0.15, 0.2) is 0 Å². The molecule has 8 nitrogen and oxygen atoms in total. The largest absolute Gasteiger partial charge is 0.507 e. The van der Waals surface area contributed by atoms with Crippen molar-refractivity contribution < 1.29 is 29.0 Å². The number of aryl methyl sites for hydroxylation is 2. The van der Waals surface area contributed by atoms with Gasteiger partial charge in [0, 0.05) is 23.6 Å². The average molecular weight is 501 g/mol. The molecule has 0 spiro atoms. The molecule has 2 aromatic carbocycles. The van der Waals surface area contributed by atoms with Gasteiger partial charge in [-0.05, 0) is 73.4 Å². The standard InChI is InChI=1S/C29H28N2O6/c1-5-37-24(32)15-19-8-10-21(11-9-19)31-26(20-7-6-12-30-16-20)25(28(34)29(31)35)27(33)22-13-18(3)23(36-4)14-17(22)2/h6-14,16,26,33H,5,15H2,1-4H3/b27-25+. The van der Waals surface area contributed by atoms with Gasteiger partial charge in [0.25, 0.3) is 11.7 Å². The zero-order valence-corrected chi connectivity index (χ0v) is 21.1. The monoisotopic (exact) mass is 500 g/mol. The van der Waals surface area contributed by atoms with E-state index in [1.54, 1.807) is 81.9 Å². The third kappa shape index (κ3) is 4.95. The Morgan fingerprint density at radius 1 is 1.08 bits per heavy atom. The minimum atomic E-state index is -0.897. The predicted molar refractivity (Wildman–Crippen MR) is 138 cm³/mol. The molecule has 4 rings (SSSR count). The van der Waals surface area contributed by atoms with E-state index in [-0.39, 0.29) is 23.7 Å². The number of nitrogens with zero attached hydrogens (tertiary/aromatic N) is 2. The first kappa shape index (κ1) is 25.6. The Hall–Kier alpha value is -4.46. The van der Waals surface area contributed by atoms with Gasteiger partial charge < -0.3 is 14.6 Å². The van der Waals surface area contributed by atoms with Crippen LogP contribution in [0.3, 0.4) is 0 Å². The molecule has 1 fully saturated rings. The van der Waals surface area contributed by atoms with Gasteiger partial charge in [-0.1, -0.05) is 18.2 Å². The second-order valence-corrected chi connectivity index (χ2v) is 8.74. The zero-order valence-electron chi connectivity index (χ0n) is 21.1. The van der Waals surface area contributed by atoms with Crippen molar-refractivity contribution in [2.24, 2.45) is 0 Å². The summed E-state index contributed by atoms with van der Waals surface area (Å²) in [4.78, 5) is 44.1. The number of aliphatic hydroxyl groups excluding tert-OH is 1. The normalized spacial score (nSPS) is 16.6. The first-order chi connectivity index (χ1) is 17.8. The minimum absolute atomic E-state index is 0.0266. The number of amides is 1. The maximum atomic E-state index is 13.4. The number of hydrogen-bond donors (Lipinski definition) is 1. The van der Waals surface area contributed by atoms with Crippen molar-refractivity contribution in [3.05, 3.63) is 94.3 Å². The van der Waals surface area contributed by atoms with Crippen LogP contribution >= 0.6 is 0 Å². The number of pyridine rings is 1. The number of ether oxygens (including phenoxy) is 2. The number of anilines is 1. The highest BCUT2D eigenvalue weighted by atomic mass is 16.5. The van der Waals surface area contributed by atoms with Gasteiger partial charge in [0.1, 0.15) is 11.5 Å². The van der Waals surface area contributed by atoms with Gasteiger partial charge in [-0.25, -0.2) is 0 Å². The molecule has 1 aliphatic heterocycles. The van der Waals surface area contributed by atoms with E-state index >= 15 is 0 Å². The summed E-state index contributed by atoms with van der Waals surface area (Å²) in [6.45, 7) is 5.67. The van der Waals surface area contributed by atoms with Crippen LogP contribution < -0.4 is 9.64 Å². The van der Waals surface area contributed by atoms with Crippen molar-refractivity contribution in [3.8, 4) is 5.75 Å². The van der Waals surface area contributed by atoms with Crippen molar-refractivity contribution in [2.45, 2.75) is 33.2 Å². The number of hydrogen-bond acceptors (Lipinski definition) is 7. The molecule has 1 N–H and O–H groups in total. The van der Waals surface area contributed by atoms with Crippen molar-refractivity contribution in [3.63, 3.8) is 0 Å². The van der Waals surface area contributed by atoms with Crippen molar-refractivity contribution in [2.75, 3.05) is 18.6 Å². The van der Waals surface area contributed by atoms with Crippen LogP contribution in [0.15, 0.2) is 66.5 Å². The Morgan fingerprint density at radius 3 is 2.43 bits per heavy atom. The van der Waals surface area contributed by atoms with Crippen molar-refractivity contribution >= 4 is 29.1 Å². The molecular weight excluding hydrogens is 472 g/mol. The van der Waals surface area contributed by atoms with E-state index in [2.05, 4.69) is 4.98 Å². The fourth-order valence-electron chi connectivity index (χ4n) is 4.51. The molecule has 2 heterocycles. The lowest BCUT2D eigenvalue weighted by molar-refractivity contribution is -0.142. The van der Waals surface area contributed by atoms with Crippen LogP contribution in [0.4, 0.5) is 5.69 Å². The third-order valence-corrected chi connectivity index (χ3v) is 6.31. The summed E-state index contributed by atoms with van der Waals surface area (Å²) in [6.07, 6.45) is 3.25. The number of aliphatic hydroxyl groups is 1. The molecule has 1 saturated heterocycles. The predicted octanol–water partition coefficient (Wildman–Crippen LogP) is 4.44. The van der Waals surface area contributed by atoms with E-state index in [1.165, 1.54) is 4.90 Å². The van der Waals surface area contributed by atoms with Crippen LogP contribution in [0.25, 0.3) is 5.76 Å². The summed E-state index contributed by atoms with van der Waals surface area (Å²) in [6, 6.07) is 12.9. The van der Waals surface area contributed by atoms with Crippen LogP contribution in [-0.4, -0.2) is 41.5 Å². The van der Waals surface area contributed by atoms with E-state index in [4.69, 9.17) is 9.47 Å². The molecule has 0 saturated carbocycles. The highest BCUT2D eigenvalue weighted by Gasteiger charge is 2.47. The molecule has 190 valence electrons. The number of carbonyl (C=O) groups excluding carboxylic acids is 3. The summed E-state index contributed by atoms with van der Waals surface area (Å²) < 4.78 is 10.4. The maximum absolute atomic E-state index is 13.4. The van der Waals surface area contributed by atoms with E-state index in [0.717, 1.165) is 5.56 Å². The Balaban J connectivity index is 1.83. The smallest absolute Gasteiger partial charge is 0.310 e. The van der Waals surface area contributed by atoms with E-state index in [9.17, 15) is 19.5 Å². The summed E-state index contributed by atoms with van der Waals surface area (Å²) in [5.41, 5.74) is 3.61. The summed E-state index contributed by atoms with van der Waals surface area (Å²) >= 11 is 0. The van der Waals surface area contributed by atoms with Gasteiger partial charge in [-0.3, -0.25) is 24.3 Å².